The van der Waals surface area contributed by atoms with Crippen LogP contribution in [-0.2, 0) is 0 Å². The van der Waals surface area contributed by atoms with Crippen molar-refractivity contribution in [2.24, 2.45) is 17.1 Å². The predicted octanol–water partition coefficient (Wildman–Crippen LogP) is 1.52. The highest BCUT2D eigenvalue weighted by Gasteiger charge is 2.29. The third kappa shape index (κ3) is 2.46. The highest BCUT2D eigenvalue weighted by molar-refractivity contribution is 4.83. The molecule has 1 atom stereocenters. The molecule has 2 nitrogen and oxygen atoms in total. The van der Waals surface area contributed by atoms with Crippen molar-refractivity contribution in [2.45, 2.75) is 45.6 Å². The lowest BCUT2D eigenvalue weighted by atomic mass is 9.71. The van der Waals surface area contributed by atoms with E-state index in [9.17, 15) is 0 Å². The second kappa shape index (κ2) is 3.75. The van der Waals surface area contributed by atoms with Gasteiger partial charge in [0.1, 0.15) is 0 Å². The van der Waals surface area contributed by atoms with Gasteiger partial charge < -0.3 is 10.8 Å². The normalized spacial score (nSPS) is 27.0. The second-order valence-corrected chi connectivity index (χ2v) is 4.85. The molecule has 1 rings (SSSR count). The van der Waals surface area contributed by atoms with Crippen LogP contribution in [-0.4, -0.2) is 17.8 Å². The number of hydrogen-bond acceptors (Lipinski definition) is 2. The quantitative estimate of drug-likeness (QED) is 0.661. The van der Waals surface area contributed by atoms with E-state index >= 15 is 0 Å². The first-order valence-electron chi connectivity index (χ1n) is 4.91. The molecular formula is C10H21NO. The number of rotatable bonds is 2. The Morgan fingerprint density at radius 3 is 2.33 bits per heavy atom. The van der Waals surface area contributed by atoms with Crippen molar-refractivity contribution < 1.29 is 5.11 Å². The molecule has 0 aliphatic heterocycles. The number of hydrogen-bond donors (Lipinski definition) is 2. The first-order chi connectivity index (χ1) is 5.55. The summed E-state index contributed by atoms with van der Waals surface area (Å²) >= 11 is 0. The van der Waals surface area contributed by atoms with Crippen molar-refractivity contribution in [3.63, 3.8) is 0 Å². The summed E-state index contributed by atoms with van der Waals surface area (Å²) in [5, 5.41) is 8.89. The van der Waals surface area contributed by atoms with Crippen molar-refractivity contribution in [1.82, 2.24) is 0 Å². The Bertz CT molecular complexity index is 135. The van der Waals surface area contributed by atoms with Gasteiger partial charge in [-0.25, -0.2) is 0 Å². The maximum Gasteiger partial charge on any atom is 0.0585 e. The zero-order valence-electron chi connectivity index (χ0n) is 8.21. The molecule has 0 radical (unpaired) electrons. The smallest absolute Gasteiger partial charge is 0.0585 e. The first kappa shape index (κ1) is 10.0. The molecule has 72 valence electrons. The van der Waals surface area contributed by atoms with E-state index in [1.54, 1.807) is 0 Å². The van der Waals surface area contributed by atoms with E-state index in [0.717, 1.165) is 0 Å². The summed E-state index contributed by atoms with van der Waals surface area (Å²) in [6.45, 7) is 4.77. The van der Waals surface area contributed by atoms with Gasteiger partial charge in [-0.05, 0) is 37.0 Å². The largest absolute Gasteiger partial charge is 0.395 e. The fourth-order valence-electron chi connectivity index (χ4n) is 2.00. The molecule has 1 fully saturated rings. The Kier molecular flexibility index (Phi) is 3.13. The fourth-order valence-corrected chi connectivity index (χ4v) is 2.00. The predicted molar refractivity (Wildman–Crippen MR) is 50.8 cm³/mol. The van der Waals surface area contributed by atoms with Crippen LogP contribution in [0, 0.1) is 11.3 Å². The van der Waals surface area contributed by atoms with Gasteiger partial charge in [0.15, 0.2) is 0 Å². The molecule has 1 saturated carbocycles. The Labute approximate surface area is 75.2 Å². The lowest BCUT2D eigenvalue weighted by molar-refractivity contribution is 0.142. The van der Waals surface area contributed by atoms with Gasteiger partial charge in [0.05, 0.1) is 6.61 Å². The Hall–Kier alpha value is -0.0800. The highest BCUT2D eigenvalue weighted by atomic mass is 16.3. The molecule has 0 unspecified atom stereocenters. The highest BCUT2D eigenvalue weighted by Crippen LogP contribution is 2.38. The van der Waals surface area contributed by atoms with Crippen LogP contribution in [0.25, 0.3) is 0 Å². The van der Waals surface area contributed by atoms with E-state index in [2.05, 4.69) is 13.8 Å². The van der Waals surface area contributed by atoms with Gasteiger partial charge in [0.2, 0.25) is 0 Å². The minimum Gasteiger partial charge on any atom is -0.395 e. The molecule has 0 spiro atoms. The maximum atomic E-state index is 8.89. The second-order valence-electron chi connectivity index (χ2n) is 4.85. The molecule has 12 heavy (non-hydrogen) atoms. The molecule has 0 aromatic carbocycles. The van der Waals surface area contributed by atoms with Crippen molar-refractivity contribution >= 4 is 0 Å². The van der Waals surface area contributed by atoms with Gasteiger partial charge in [-0.3, -0.25) is 0 Å². The minimum absolute atomic E-state index is 0.0149. The van der Waals surface area contributed by atoms with Crippen LogP contribution in [0.15, 0.2) is 0 Å². The summed E-state index contributed by atoms with van der Waals surface area (Å²) in [4.78, 5) is 0. The molecule has 1 aliphatic rings. The summed E-state index contributed by atoms with van der Waals surface area (Å²) in [7, 11) is 0. The van der Waals surface area contributed by atoms with Gasteiger partial charge >= 0.3 is 0 Å². The zero-order chi connectivity index (χ0) is 9.19. The van der Waals surface area contributed by atoms with E-state index in [-0.39, 0.29) is 12.6 Å². The SMILES string of the molecule is CC1(C)CCC([C@H](N)CO)CC1. The summed E-state index contributed by atoms with van der Waals surface area (Å²) in [5.41, 5.74) is 6.29. The summed E-state index contributed by atoms with van der Waals surface area (Å²) in [6, 6.07) is 0.0149. The molecule has 1 aliphatic carbocycles. The molecular weight excluding hydrogens is 150 g/mol. The third-order valence-electron chi connectivity index (χ3n) is 3.20. The first-order valence-corrected chi connectivity index (χ1v) is 4.91. The summed E-state index contributed by atoms with van der Waals surface area (Å²) in [6.07, 6.45) is 4.89. The van der Waals surface area contributed by atoms with Crippen LogP contribution < -0.4 is 5.73 Å². The topological polar surface area (TPSA) is 46.2 Å². The van der Waals surface area contributed by atoms with Crippen LogP contribution in [0.4, 0.5) is 0 Å². The van der Waals surface area contributed by atoms with Crippen molar-refractivity contribution in [1.29, 1.82) is 0 Å². The van der Waals surface area contributed by atoms with E-state index < -0.39 is 0 Å². The monoisotopic (exact) mass is 171 g/mol. The maximum absolute atomic E-state index is 8.89. The van der Waals surface area contributed by atoms with Gasteiger partial charge in [-0.1, -0.05) is 13.8 Å². The van der Waals surface area contributed by atoms with Crippen molar-refractivity contribution in [3.8, 4) is 0 Å². The Morgan fingerprint density at radius 1 is 1.42 bits per heavy atom. The molecule has 0 aromatic heterocycles. The van der Waals surface area contributed by atoms with E-state index in [4.69, 9.17) is 10.8 Å². The molecule has 0 bridgehead atoms. The minimum atomic E-state index is 0.0149. The molecule has 0 amide bonds. The average molecular weight is 171 g/mol. The number of aliphatic hydroxyl groups is 1. The van der Waals surface area contributed by atoms with E-state index in [1.165, 1.54) is 25.7 Å². The Balaban J connectivity index is 2.36. The van der Waals surface area contributed by atoms with Crippen LogP contribution in [0.2, 0.25) is 0 Å². The van der Waals surface area contributed by atoms with Crippen LogP contribution >= 0.6 is 0 Å². The average Bonchev–Trinajstić information content (AvgIpc) is 2.03. The van der Waals surface area contributed by atoms with Crippen LogP contribution in [0.3, 0.4) is 0 Å². The van der Waals surface area contributed by atoms with Gasteiger partial charge in [0, 0.05) is 6.04 Å². The van der Waals surface area contributed by atoms with Gasteiger partial charge in [-0.15, -0.1) is 0 Å². The number of aliphatic hydroxyl groups excluding tert-OH is 1. The lowest BCUT2D eigenvalue weighted by Gasteiger charge is -2.36. The molecule has 2 heteroatoms. The number of nitrogens with two attached hydrogens (primary N) is 1. The third-order valence-corrected chi connectivity index (χ3v) is 3.20. The van der Waals surface area contributed by atoms with Crippen molar-refractivity contribution in [2.75, 3.05) is 6.61 Å². The fraction of sp³-hybridized carbons (Fsp3) is 1.00. The van der Waals surface area contributed by atoms with Crippen molar-refractivity contribution in [3.05, 3.63) is 0 Å². The zero-order valence-corrected chi connectivity index (χ0v) is 8.21. The molecule has 0 aromatic rings. The lowest BCUT2D eigenvalue weighted by Crippen LogP contribution is -2.37. The molecule has 0 saturated heterocycles. The van der Waals surface area contributed by atoms with Crippen LogP contribution in [0.5, 0.6) is 0 Å². The summed E-state index contributed by atoms with van der Waals surface area (Å²) in [5.74, 6) is 0.558. The van der Waals surface area contributed by atoms with Crippen LogP contribution in [0.1, 0.15) is 39.5 Å². The van der Waals surface area contributed by atoms with Gasteiger partial charge in [0.25, 0.3) is 0 Å². The van der Waals surface area contributed by atoms with Gasteiger partial charge in [-0.2, -0.15) is 0 Å². The van der Waals surface area contributed by atoms with E-state index in [0.29, 0.717) is 11.3 Å². The van der Waals surface area contributed by atoms with E-state index in [1.807, 2.05) is 0 Å². The molecule has 3 N–H and O–H groups in total. The Morgan fingerprint density at radius 2 is 1.92 bits per heavy atom. The standard InChI is InChI=1S/C10H21NO/c1-10(2)5-3-8(4-6-10)9(11)7-12/h8-9,12H,3-7,11H2,1-2H3/t9-/m1/s1. The molecule has 0 heterocycles. The summed E-state index contributed by atoms with van der Waals surface area (Å²) < 4.78 is 0.